The van der Waals surface area contributed by atoms with Crippen LogP contribution in [0.15, 0.2) is 24.3 Å². The maximum absolute atomic E-state index is 11.4. The van der Waals surface area contributed by atoms with Crippen LogP contribution in [0.4, 0.5) is 10.5 Å². The van der Waals surface area contributed by atoms with Crippen molar-refractivity contribution in [1.82, 2.24) is 0 Å². The second-order valence-corrected chi connectivity index (χ2v) is 4.18. The highest BCUT2D eigenvalue weighted by atomic mass is 35.5. The molecule has 0 aliphatic rings. The molecule has 88 valence electrons. The minimum Gasteiger partial charge on any atom is -0.449 e. The first-order valence-corrected chi connectivity index (χ1v) is 5.69. The number of hydrogen-bond donors (Lipinski definition) is 1. The number of halogens is 1. The molecule has 0 radical (unpaired) electrons. The molecule has 0 aliphatic carbocycles. The highest BCUT2D eigenvalue weighted by Crippen LogP contribution is 2.15. The van der Waals surface area contributed by atoms with Gasteiger partial charge in [-0.1, -0.05) is 37.9 Å². The van der Waals surface area contributed by atoms with E-state index in [0.29, 0.717) is 23.2 Å². The van der Waals surface area contributed by atoms with Crippen LogP contribution in [0.3, 0.4) is 0 Å². The van der Waals surface area contributed by atoms with Gasteiger partial charge >= 0.3 is 6.09 Å². The van der Waals surface area contributed by atoms with Gasteiger partial charge in [0.2, 0.25) is 0 Å². The SMILES string of the molecule is CCC(C)COC(=O)Nc1cccc(Cl)c1. The molecule has 1 amide bonds. The van der Waals surface area contributed by atoms with Crippen LogP contribution in [0.2, 0.25) is 5.02 Å². The van der Waals surface area contributed by atoms with Gasteiger partial charge in [-0.25, -0.2) is 4.79 Å². The lowest BCUT2D eigenvalue weighted by atomic mass is 10.1. The Labute approximate surface area is 101 Å². The standard InChI is InChI=1S/C12H16ClNO2/c1-3-9(2)8-16-12(15)14-11-6-4-5-10(13)7-11/h4-7,9H,3,8H2,1-2H3,(H,14,15). The summed E-state index contributed by atoms with van der Waals surface area (Å²) >= 11 is 5.79. The minimum absolute atomic E-state index is 0.380. The van der Waals surface area contributed by atoms with E-state index < -0.39 is 6.09 Å². The number of carbonyl (C=O) groups is 1. The van der Waals surface area contributed by atoms with Crippen molar-refractivity contribution in [3.05, 3.63) is 29.3 Å². The van der Waals surface area contributed by atoms with Crippen molar-refractivity contribution in [3.8, 4) is 0 Å². The Kier molecular flexibility index (Phi) is 5.12. The Bertz CT molecular complexity index is 355. The van der Waals surface area contributed by atoms with Gasteiger partial charge < -0.3 is 4.74 Å². The van der Waals surface area contributed by atoms with Crippen LogP contribution in [0.1, 0.15) is 20.3 Å². The summed E-state index contributed by atoms with van der Waals surface area (Å²) in [5, 5.41) is 3.20. The average Bonchev–Trinajstić information content (AvgIpc) is 2.26. The largest absolute Gasteiger partial charge is 0.449 e. The molecule has 1 atom stereocenters. The van der Waals surface area contributed by atoms with Crippen molar-refractivity contribution >= 4 is 23.4 Å². The lowest BCUT2D eigenvalue weighted by molar-refractivity contribution is 0.143. The number of nitrogens with one attached hydrogen (secondary N) is 1. The molecular weight excluding hydrogens is 226 g/mol. The summed E-state index contributed by atoms with van der Waals surface area (Å²) in [5.74, 6) is 0.380. The summed E-state index contributed by atoms with van der Waals surface area (Å²) in [7, 11) is 0. The fourth-order valence-electron chi connectivity index (χ4n) is 1.06. The molecule has 0 aromatic heterocycles. The number of benzene rings is 1. The van der Waals surface area contributed by atoms with Gasteiger partial charge in [-0.2, -0.15) is 0 Å². The van der Waals surface area contributed by atoms with Crippen molar-refractivity contribution < 1.29 is 9.53 Å². The number of carbonyl (C=O) groups excluding carboxylic acids is 1. The van der Waals surface area contributed by atoms with Crippen LogP contribution in [0.25, 0.3) is 0 Å². The third kappa shape index (κ3) is 4.53. The van der Waals surface area contributed by atoms with E-state index in [1.165, 1.54) is 0 Å². The van der Waals surface area contributed by atoms with Gasteiger partial charge in [0, 0.05) is 10.7 Å². The summed E-state index contributed by atoms with van der Waals surface area (Å²) in [6, 6.07) is 6.95. The fraction of sp³-hybridized carbons (Fsp3) is 0.417. The van der Waals surface area contributed by atoms with Crippen LogP contribution in [-0.2, 0) is 4.74 Å². The van der Waals surface area contributed by atoms with Gasteiger partial charge in [0.25, 0.3) is 0 Å². The summed E-state index contributed by atoms with van der Waals surface area (Å²) < 4.78 is 5.05. The maximum atomic E-state index is 11.4. The molecule has 0 heterocycles. The van der Waals surface area contributed by atoms with Crippen molar-refractivity contribution in [1.29, 1.82) is 0 Å². The first-order chi connectivity index (χ1) is 7.61. The zero-order chi connectivity index (χ0) is 12.0. The predicted octanol–water partition coefficient (Wildman–Crippen LogP) is 3.93. The van der Waals surface area contributed by atoms with E-state index in [2.05, 4.69) is 12.2 Å². The molecule has 0 aliphatic heterocycles. The molecule has 0 saturated heterocycles. The zero-order valence-electron chi connectivity index (χ0n) is 9.50. The van der Waals surface area contributed by atoms with E-state index in [0.717, 1.165) is 6.42 Å². The Morgan fingerprint density at radius 3 is 2.94 bits per heavy atom. The third-order valence-corrected chi connectivity index (χ3v) is 2.50. The second kappa shape index (κ2) is 6.38. The lowest BCUT2D eigenvalue weighted by Gasteiger charge is -2.10. The van der Waals surface area contributed by atoms with Gasteiger partial charge in [-0.3, -0.25) is 5.32 Å². The van der Waals surface area contributed by atoms with E-state index in [1.807, 2.05) is 6.92 Å². The molecule has 0 fully saturated rings. The van der Waals surface area contributed by atoms with Gasteiger partial charge in [-0.05, 0) is 24.1 Å². The molecule has 1 aromatic carbocycles. The summed E-state index contributed by atoms with van der Waals surface area (Å²) in [6.07, 6.45) is 0.548. The first kappa shape index (κ1) is 12.8. The third-order valence-electron chi connectivity index (χ3n) is 2.27. The molecule has 1 N–H and O–H groups in total. The van der Waals surface area contributed by atoms with E-state index in [9.17, 15) is 4.79 Å². The molecule has 0 bridgehead atoms. The van der Waals surface area contributed by atoms with Crippen LogP contribution in [0.5, 0.6) is 0 Å². The van der Waals surface area contributed by atoms with Crippen LogP contribution < -0.4 is 5.32 Å². The van der Waals surface area contributed by atoms with Gasteiger partial charge in [0.1, 0.15) is 0 Å². The van der Waals surface area contributed by atoms with Crippen LogP contribution in [-0.4, -0.2) is 12.7 Å². The Morgan fingerprint density at radius 2 is 2.31 bits per heavy atom. The smallest absolute Gasteiger partial charge is 0.411 e. The maximum Gasteiger partial charge on any atom is 0.411 e. The first-order valence-electron chi connectivity index (χ1n) is 5.31. The number of amides is 1. The van der Waals surface area contributed by atoms with Crippen molar-refractivity contribution in [2.75, 3.05) is 11.9 Å². The van der Waals surface area contributed by atoms with Crippen molar-refractivity contribution in [2.45, 2.75) is 20.3 Å². The molecule has 1 aromatic rings. The highest BCUT2D eigenvalue weighted by molar-refractivity contribution is 6.30. The molecular formula is C12H16ClNO2. The molecule has 1 rings (SSSR count). The van der Waals surface area contributed by atoms with Gasteiger partial charge in [0.05, 0.1) is 6.61 Å². The number of anilines is 1. The monoisotopic (exact) mass is 241 g/mol. The molecule has 16 heavy (non-hydrogen) atoms. The number of rotatable bonds is 4. The number of hydrogen-bond acceptors (Lipinski definition) is 2. The van der Waals surface area contributed by atoms with E-state index in [-0.39, 0.29) is 0 Å². The summed E-state index contributed by atoms with van der Waals surface area (Å²) in [5.41, 5.74) is 0.640. The quantitative estimate of drug-likeness (QED) is 0.867. The van der Waals surface area contributed by atoms with E-state index in [1.54, 1.807) is 24.3 Å². The van der Waals surface area contributed by atoms with Crippen molar-refractivity contribution in [2.24, 2.45) is 5.92 Å². The normalized spacial score (nSPS) is 11.9. The fourth-order valence-corrected chi connectivity index (χ4v) is 1.25. The summed E-state index contributed by atoms with van der Waals surface area (Å²) in [4.78, 5) is 11.4. The van der Waals surface area contributed by atoms with E-state index in [4.69, 9.17) is 16.3 Å². The molecule has 1 unspecified atom stereocenters. The Hall–Kier alpha value is -1.22. The van der Waals surface area contributed by atoms with Gasteiger partial charge in [-0.15, -0.1) is 0 Å². The predicted molar refractivity (Wildman–Crippen MR) is 65.9 cm³/mol. The van der Waals surface area contributed by atoms with Gasteiger partial charge in [0.15, 0.2) is 0 Å². The average molecular weight is 242 g/mol. The topological polar surface area (TPSA) is 38.3 Å². The lowest BCUT2D eigenvalue weighted by Crippen LogP contribution is -2.17. The zero-order valence-corrected chi connectivity index (χ0v) is 10.3. The Balaban J connectivity index is 2.40. The second-order valence-electron chi connectivity index (χ2n) is 3.75. The molecule has 0 saturated carbocycles. The van der Waals surface area contributed by atoms with Crippen LogP contribution >= 0.6 is 11.6 Å². The Morgan fingerprint density at radius 1 is 1.56 bits per heavy atom. The molecule has 0 spiro atoms. The highest BCUT2D eigenvalue weighted by Gasteiger charge is 2.06. The number of ether oxygens (including phenoxy) is 1. The minimum atomic E-state index is -0.442. The van der Waals surface area contributed by atoms with Crippen LogP contribution in [0, 0.1) is 5.92 Å². The molecule has 3 nitrogen and oxygen atoms in total. The molecule has 4 heteroatoms. The van der Waals surface area contributed by atoms with E-state index >= 15 is 0 Å². The summed E-state index contributed by atoms with van der Waals surface area (Å²) in [6.45, 7) is 4.53. The van der Waals surface area contributed by atoms with Crippen molar-refractivity contribution in [3.63, 3.8) is 0 Å².